The molecule has 0 saturated heterocycles. The summed E-state index contributed by atoms with van der Waals surface area (Å²) in [6.07, 6.45) is 4.44. The first-order chi connectivity index (χ1) is 9.14. The molecule has 0 saturated carbocycles. The van der Waals surface area contributed by atoms with Crippen LogP contribution in [0.3, 0.4) is 0 Å². The maximum absolute atomic E-state index is 11.6. The van der Waals surface area contributed by atoms with Crippen molar-refractivity contribution in [1.82, 2.24) is 0 Å². The average Bonchev–Trinajstić information content (AvgIpc) is 2.27. The molecule has 0 aromatic heterocycles. The lowest BCUT2D eigenvalue weighted by Crippen LogP contribution is -2.41. The predicted octanol–water partition coefficient (Wildman–Crippen LogP) is 4.69. The lowest BCUT2D eigenvalue weighted by Gasteiger charge is -2.36. The largest absolute Gasteiger partial charge is 0.462 e. The van der Waals surface area contributed by atoms with E-state index in [0.29, 0.717) is 19.4 Å². The van der Waals surface area contributed by atoms with Gasteiger partial charge in [0.05, 0.1) is 0 Å². The fraction of sp³-hybridized carbons (Fsp3) is 0.812. The SMILES string of the molecule is C=CC[C@H](CCO[Si](C)(C)C(C)(C)C)OC(=O)CCC. The van der Waals surface area contributed by atoms with E-state index in [0.717, 1.165) is 12.8 Å². The Balaban J connectivity index is 4.28. The molecule has 0 aromatic carbocycles. The van der Waals surface area contributed by atoms with Crippen LogP contribution in [-0.4, -0.2) is 27.0 Å². The van der Waals surface area contributed by atoms with Crippen LogP contribution in [0.1, 0.15) is 53.4 Å². The van der Waals surface area contributed by atoms with Gasteiger partial charge in [0.25, 0.3) is 0 Å². The Labute approximate surface area is 125 Å². The second kappa shape index (κ2) is 8.62. The summed E-state index contributed by atoms with van der Waals surface area (Å²) in [5.74, 6) is -0.119. The van der Waals surface area contributed by atoms with Crippen LogP contribution in [0.5, 0.6) is 0 Å². The molecule has 0 heterocycles. The first kappa shape index (κ1) is 19.4. The van der Waals surface area contributed by atoms with Crippen LogP contribution in [0, 0.1) is 0 Å². The lowest BCUT2D eigenvalue weighted by atomic mass is 10.2. The Morgan fingerprint density at radius 1 is 1.35 bits per heavy atom. The number of carbonyl (C=O) groups excluding carboxylic acids is 1. The van der Waals surface area contributed by atoms with Gasteiger partial charge in [-0.15, -0.1) is 6.58 Å². The summed E-state index contributed by atoms with van der Waals surface area (Å²) in [6, 6.07) is 0. The Kier molecular flexibility index (Phi) is 8.36. The van der Waals surface area contributed by atoms with E-state index < -0.39 is 8.32 Å². The Morgan fingerprint density at radius 3 is 2.40 bits per heavy atom. The van der Waals surface area contributed by atoms with Gasteiger partial charge < -0.3 is 9.16 Å². The zero-order chi connectivity index (χ0) is 15.8. The highest BCUT2D eigenvalue weighted by Gasteiger charge is 2.37. The molecule has 0 radical (unpaired) electrons. The van der Waals surface area contributed by atoms with Gasteiger partial charge >= 0.3 is 5.97 Å². The van der Waals surface area contributed by atoms with Gasteiger partial charge in [-0.05, 0) is 24.6 Å². The molecule has 0 N–H and O–H groups in total. The highest BCUT2D eigenvalue weighted by molar-refractivity contribution is 6.74. The van der Waals surface area contributed by atoms with Crippen LogP contribution >= 0.6 is 0 Å². The summed E-state index contributed by atoms with van der Waals surface area (Å²) in [5, 5.41) is 0.208. The van der Waals surface area contributed by atoms with E-state index in [2.05, 4.69) is 40.4 Å². The molecule has 0 aliphatic rings. The third-order valence-electron chi connectivity index (χ3n) is 3.89. The van der Waals surface area contributed by atoms with Crippen molar-refractivity contribution in [1.29, 1.82) is 0 Å². The number of hydrogen-bond donors (Lipinski definition) is 0. The summed E-state index contributed by atoms with van der Waals surface area (Å²) in [7, 11) is -1.72. The van der Waals surface area contributed by atoms with E-state index in [1.54, 1.807) is 6.08 Å². The average molecular weight is 301 g/mol. The van der Waals surface area contributed by atoms with Crippen LogP contribution in [-0.2, 0) is 14.0 Å². The summed E-state index contributed by atoms with van der Waals surface area (Å²) < 4.78 is 11.6. The van der Waals surface area contributed by atoms with Crippen molar-refractivity contribution < 1.29 is 14.0 Å². The number of ether oxygens (including phenoxy) is 1. The molecule has 4 heteroatoms. The summed E-state index contributed by atoms with van der Waals surface area (Å²) >= 11 is 0. The van der Waals surface area contributed by atoms with Crippen LogP contribution in [0.15, 0.2) is 12.7 Å². The molecule has 0 amide bonds. The minimum Gasteiger partial charge on any atom is -0.462 e. The third kappa shape index (κ3) is 7.24. The van der Waals surface area contributed by atoms with E-state index >= 15 is 0 Å². The number of hydrogen-bond acceptors (Lipinski definition) is 3. The Bertz CT molecular complexity index is 305. The minimum absolute atomic E-state index is 0.101. The highest BCUT2D eigenvalue weighted by Crippen LogP contribution is 2.36. The van der Waals surface area contributed by atoms with Crippen molar-refractivity contribution in [3.8, 4) is 0 Å². The van der Waals surface area contributed by atoms with E-state index in [4.69, 9.17) is 9.16 Å². The highest BCUT2D eigenvalue weighted by atomic mass is 28.4. The van der Waals surface area contributed by atoms with Crippen LogP contribution in [0.2, 0.25) is 18.1 Å². The molecule has 118 valence electrons. The molecule has 0 aliphatic carbocycles. The lowest BCUT2D eigenvalue weighted by molar-refractivity contribution is -0.149. The second-order valence-electron chi connectivity index (χ2n) is 6.78. The molecule has 0 rings (SSSR count). The summed E-state index contributed by atoms with van der Waals surface area (Å²) in [4.78, 5) is 11.6. The van der Waals surface area contributed by atoms with Crippen LogP contribution < -0.4 is 0 Å². The number of esters is 1. The zero-order valence-corrected chi connectivity index (χ0v) is 15.1. The summed E-state index contributed by atoms with van der Waals surface area (Å²) in [5.41, 5.74) is 0. The molecule has 0 aromatic rings. The van der Waals surface area contributed by atoms with Crippen LogP contribution in [0.25, 0.3) is 0 Å². The molecule has 3 nitrogen and oxygen atoms in total. The Morgan fingerprint density at radius 2 is 1.95 bits per heavy atom. The fourth-order valence-electron chi connectivity index (χ4n) is 1.52. The zero-order valence-electron chi connectivity index (χ0n) is 14.1. The van der Waals surface area contributed by atoms with E-state index in [1.807, 2.05) is 6.92 Å². The van der Waals surface area contributed by atoms with Gasteiger partial charge in [0, 0.05) is 25.9 Å². The van der Waals surface area contributed by atoms with Crippen molar-refractivity contribution >= 4 is 14.3 Å². The monoisotopic (exact) mass is 300 g/mol. The number of carbonyl (C=O) groups is 1. The molecule has 0 unspecified atom stereocenters. The maximum Gasteiger partial charge on any atom is 0.306 e. The number of rotatable bonds is 9. The van der Waals surface area contributed by atoms with Gasteiger partial charge in [0.1, 0.15) is 6.10 Å². The van der Waals surface area contributed by atoms with E-state index in [1.165, 1.54) is 0 Å². The van der Waals surface area contributed by atoms with Crippen molar-refractivity contribution in [2.75, 3.05) is 6.61 Å². The van der Waals surface area contributed by atoms with Crippen LogP contribution in [0.4, 0.5) is 0 Å². The van der Waals surface area contributed by atoms with E-state index in [9.17, 15) is 4.79 Å². The van der Waals surface area contributed by atoms with Gasteiger partial charge in [0.2, 0.25) is 0 Å². The molecular weight excluding hydrogens is 268 g/mol. The first-order valence-corrected chi connectivity index (χ1v) is 10.5. The standard InChI is InChI=1S/C16H32O3Si/c1-8-10-14(19-15(17)11-9-2)12-13-18-20(6,7)16(3,4)5/h8,14H,1,9-13H2,2-7H3/t14-/m1/s1. The fourth-order valence-corrected chi connectivity index (χ4v) is 2.58. The van der Waals surface area contributed by atoms with Gasteiger partial charge in [-0.2, -0.15) is 0 Å². The predicted molar refractivity (Wildman–Crippen MR) is 87.4 cm³/mol. The Hall–Kier alpha value is -0.613. The quantitative estimate of drug-likeness (QED) is 0.352. The molecule has 0 aliphatic heterocycles. The van der Waals surface area contributed by atoms with E-state index in [-0.39, 0.29) is 17.1 Å². The molecule has 20 heavy (non-hydrogen) atoms. The molecule has 0 bridgehead atoms. The molecule has 1 atom stereocenters. The first-order valence-electron chi connectivity index (χ1n) is 7.58. The van der Waals surface area contributed by atoms with Gasteiger partial charge in [-0.25, -0.2) is 0 Å². The molecular formula is C16H32O3Si. The summed E-state index contributed by atoms with van der Waals surface area (Å²) in [6.45, 7) is 17.5. The molecule has 0 spiro atoms. The normalized spacial score (nSPS) is 13.9. The third-order valence-corrected chi connectivity index (χ3v) is 8.43. The van der Waals surface area contributed by atoms with Crippen molar-refractivity contribution in [3.05, 3.63) is 12.7 Å². The van der Waals surface area contributed by atoms with Gasteiger partial charge in [-0.3, -0.25) is 4.79 Å². The van der Waals surface area contributed by atoms with Crippen molar-refractivity contribution in [3.63, 3.8) is 0 Å². The van der Waals surface area contributed by atoms with Gasteiger partial charge in [-0.1, -0.05) is 33.8 Å². The van der Waals surface area contributed by atoms with Crippen molar-refractivity contribution in [2.24, 2.45) is 0 Å². The van der Waals surface area contributed by atoms with Gasteiger partial charge in [0.15, 0.2) is 8.32 Å². The minimum atomic E-state index is -1.72. The second-order valence-corrected chi connectivity index (χ2v) is 11.6. The molecule has 0 fully saturated rings. The smallest absolute Gasteiger partial charge is 0.306 e. The topological polar surface area (TPSA) is 35.5 Å². The maximum atomic E-state index is 11.6. The van der Waals surface area contributed by atoms with Crippen molar-refractivity contribution in [2.45, 2.75) is 77.6 Å².